The van der Waals surface area contributed by atoms with Crippen LogP contribution in [0.25, 0.3) is 5.78 Å². The number of aromatic nitrogens is 4. The first-order valence-corrected chi connectivity index (χ1v) is 6.61. The van der Waals surface area contributed by atoms with E-state index in [1.54, 1.807) is 17.9 Å². The maximum absolute atomic E-state index is 12.8. The maximum atomic E-state index is 12.8. The number of hydrogen-bond donors (Lipinski definition) is 1. The number of aryl methyl sites for hydroxylation is 1. The van der Waals surface area contributed by atoms with Crippen LogP contribution >= 0.6 is 0 Å². The third kappa shape index (κ3) is 2.44. The molecule has 0 aliphatic carbocycles. The van der Waals surface area contributed by atoms with Gasteiger partial charge in [0.2, 0.25) is 5.91 Å². The summed E-state index contributed by atoms with van der Waals surface area (Å²) in [7, 11) is 0. The molecule has 7 nitrogen and oxygen atoms in total. The summed E-state index contributed by atoms with van der Waals surface area (Å²) in [6.45, 7) is 2.51. The van der Waals surface area contributed by atoms with E-state index in [1.807, 2.05) is 0 Å². The van der Waals surface area contributed by atoms with Crippen LogP contribution in [0.15, 0.2) is 6.07 Å². The van der Waals surface area contributed by atoms with Gasteiger partial charge in [-0.15, -0.1) is 5.10 Å². The van der Waals surface area contributed by atoms with E-state index >= 15 is 0 Å². The first-order valence-electron chi connectivity index (χ1n) is 6.61. The Morgan fingerprint density at radius 3 is 2.73 bits per heavy atom. The lowest BCUT2D eigenvalue weighted by Crippen LogP contribution is -2.28. The van der Waals surface area contributed by atoms with Crippen molar-refractivity contribution in [2.75, 3.05) is 18.0 Å². The summed E-state index contributed by atoms with van der Waals surface area (Å²) in [4.78, 5) is 20.4. The second-order valence-corrected chi connectivity index (χ2v) is 5.23. The molecule has 0 spiro atoms. The van der Waals surface area contributed by atoms with Crippen LogP contribution < -0.4 is 10.6 Å². The van der Waals surface area contributed by atoms with Crippen molar-refractivity contribution >= 4 is 17.5 Å². The molecule has 2 N–H and O–H groups in total. The molecule has 1 fully saturated rings. The van der Waals surface area contributed by atoms with Gasteiger partial charge in [0, 0.05) is 24.8 Å². The van der Waals surface area contributed by atoms with E-state index in [9.17, 15) is 18.0 Å². The highest BCUT2D eigenvalue weighted by atomic mass is 19.4. The number of rotatable bonds is 2. The Hall–Kier alpha value is -2.39. The summed E-state index contributed by atoms with van der Waals surface area (Å²) in [6.07, 6.45) is -4.08. The van der Waals surface area contributed by atoms with Crippen LogP contribution in [0, 0.1) is 12.8 Å². The van der Waals surface area contributed by atoms with E-state index in [0.29, 0.717) is 31.0 Å². The van der Waals surface area contributed by atoms with Crippen molar-refractivity contribution in [2.24, 2.45) is 11.7 Å². The quantitative estimate of drug-likeness (QED) is 0.884. The highest BCUT2D eigenvalue weighted by molar-refractivity contribution is 5.78. The molecule has 118 valence electrons. The SMILES string of the molecule is Cc1cc(N2CC[C@H](C(N)=O)C2)n2nc(C(F)(F)F)nc2n1. The van der Waals surface area contributed by atoms with Gasteiger partial charge in [0.1, 0.15) is 5.82 Å². The van der Waals surface area contributed by atoms with Crippen molar-refractivity contribution in [1.29, 1.82) is 0 Å². The summed E-state index contributed by atoms with van der Waals surface area (Å²) in [5.74, 6) is -1.68. The molecular weight excluding hydrogens is 301 g/mol. The number of alkyl halides is 3. The van der Waals surface area contributed by atoms with Crippen LogP contribution in [0.3, 0.4) is 0 Å². The van der Waals surface area contributed by atoms with Gasteiger partial charge in [-0.05, 0) is 13.3 Å². The van der Waals surface area contributed by atoms with E-state index in [2.05, 4.69) is 15.1 Å². The topological polar surface area (TPSA) is 89.4 Å². The number of carbonyl (C=O) groups is 1. The lowest BCUT2D eigenvalue weighted by molar-refractivity contribution is -0.144. The predicted octanol–water partition coefficient (Wildman–Crippen LogP) is 0.763. The molecule has 1 saturated heterocycles. The van der Waals surface area contributed by atoms with Crippen LogP contribution in [-0.2, 0) is 11.0 Å². The fraction of sp³-hybridized carbons (Fsp3) is 0.500. The molecule has 3 rings (SSSR count). The van der Waals surface area contributed by atoms with Gasteiger partial charge in [-0.1, -0.05) is 0 Å². The van der Waals surface area contributed by atoms with Gasteiger partial charge in [0.15, 0.2) is 0 Å². The minimum absolute atomic E-state index is 0.121. The molecule has 0 radical (unpaired) electrons. The number of hydrogen-bond acceptors (Lipinski definition) is 5. The molecule has 2 aromatic heterocycles. The molecule has 3 heterocycles. The molecule has 0 bridgehead atoms. The van der Waals surface area contributed by atoms with E-state index in [4.69, 9.17) is 5.73 Å². The molecule has 10 heteroatoms. The van der Waals surface area contributed by atoms with Gasteiger partial charge < -0.3 is 10.6 Å². The van der Waals surface area contributed by atoms with Gasteiger partial charge in [-0.3, -0.25) is 4.79 Å². The van der Waals surface area contributed by atoms with Gasteiger partial charge in [0.25, 0.3) is 11.6 Å². The Morgan fingerprint density at radius 2 is 2.14 bits per heavy atom. The smallest absolute Gasteiger partial charge is 0.369 e. The molecule has 2 aromatic rings. The van der Waals surface area contributed by atoms with E-state index in [0.717, 1.165) is 4.52 Å². The second kappa shape index (κ2) is 4.82. The highest BCUT2D eigenvalue weighted by Gasteiger charge is 2.37. The zero-order valence-electron chi connectivity index (χ0n) is 11.6. The van der Waals surface area contributed by atoms with Gasteiger partial charge in [-0.25, -0.2) is 4.98 Å². The van der Waals surface area contributed by atoms with Crippen LogP contribution in [0.4, 0.5) is 19.0 Å². The molecule has 0 saturated carbocycles. The minimum atomic E-state index is -4.64. The third-order valence-corrected chi connectivity index (χ3v) is 3.59. The minimum Gasteiger partial charge on any atom is -0.369 e. The number of anilines is 1. The fourth-order valence-electron chi connectivity index (χ4n) is 2.51. The molecule has 22 heavy (non-hydrogen) atoms. The Kier molecular flexibility index (Phi) is 3.18. The first-order chi connectivity index (χ1) is 10.3. The van der Waals surface area contributed by atoms with Crippen LogP contribution in [0.1, 0.15) is 17.9 Å². The molecule has 0 unspecified atom stereocenters. The average molecular weight is 314 g/mol. The highest BCUT2D eigenvalue weighted by Crippen LogP contribution is 2.29. The summed E-state index contributed by atoms with van der Waals surface area (Å²) < 4.78 is 39.3. The Labute approximate surface area is 122 Å². The normalized spacial score (nSPS) is 19.1. The monoisotopic (exact) mass is 314 g/mol. The lowest BCUT2D eigenvalue weighted by atomic mass is 10.1. The lowest BCUT2D eigenvalue weighted by Gasteiger charge is -2.18. The van der Waals surface area contributed by atoms with Gasteiger partial charge >= 0.3 is 6.18 Å². The molecule has 1 aliphatic heterocycles. The number of fused-ring (bicyclic) bond motifs is 1. The largest absolute Gasteiger partial charge is 0.453 e. The zero-order valence-corrected chi connectivity index (χ0v) is 11.6. The van der Waals surface area contributed by atoms with Crippen molar-refractivity contribution < 1.29 is 18.0 Å². The number of halogens is 3. The van der Waals surface area contributed by atoms with Gasteiger partial charge in [0.05, 0.1) is 5.92 Å². The number of carbonyl (C=O) groups excluding carboxylic acids is 1. The van der Waals surface area contributed by atoms with E-state index < -0.39 is 17.9 Å². The molecule has 1 aliphatic rings. The summed E-state index contributed by atoms with van der Waals surface area (Å²) >= 11 is 0. The van der Waals surface area contributed by atoms with E-state index in [-0.39, 0.29) is 11.7 Å². The van der Waals surface area contributed by atoms with Crippen molar-refractivity contribution in [3.8, 4) is 0 Å². The maximum Gasteiger partial charge on any atom is 0.453 e. The zero-order chi connectivity index (χ0) is 16.1. The van der Waals surface area contributed by atoms with Crippen molar-refractivity contribution in [1.82, 2.24) is 19.6 Å². The molecule has 1 amide bonds. The first kappa shape index (κ1) is 14.5. The third-order valence-electron chi connectivity index (χ3n) is 3.59. The summed E-state index contributed by atoms with van der Waals surface area (Å²) in [6, 6.07) is 1.62. The van der Waals surface area contributed by atoms with Crippen molar-refractivity contribution in [3.05, 3.63) is 17.6 Å². The standard InChI is InChI=1S/C12H13F3N6O/c1-6-4-8(20-3-2-7(5-20)9(16)22)21-11(17-6)18-10(19-21)12(13,14)15/h4,7H,2-3,5H2,1H3,(H2,16,22)/t7-/m0/s1. The van der Waals surface area contributed by atoms with E-state index in [1.165, 1.54) is 0 Å². The molecule has 1 atom stereocenters. The second-order valence-electron chi connectivity index (χ2n) is 5.23. The number of primary amides is 1. The van der Waals surface area contributed by atoms with Crippen LogP contribution in [0.2, 0.25) is 0 Å². The summed E-state index contributed by atoms with van der Waals surface area (Å²) in [5.41, 5.74) is 5.80. The van der Waals surface area contributed by atoms with Crippen LogP contribution in [0.5, 0.6) is 0 Å². The Bertz CT molecular complexity index is 740. The number of nitrogens with zero attached hydrogens (tertiary/aromatic N) is 5. The Morgan fingerprint density at radius 1 is 1.41 bits per heavy atom. The predicted molar refractivity (Wildman–Crippen MR) is 70.0 cm³/mol. The fourth-order valence-corrected chi connectivity index (χ4v) is 2.51. The Balaban J connectivity index is 2.06. The van der Waals surface area contributed by atoms with Crippen LogP contribution in [-0.4, -0.2) is 38.6 Å². The van der Waals surface area contributed by atoms with Crippen molar-refractivity contribution in [2.45, 2.75) is 19.5 Å². The van der Waals surface area contributed by atoms with Gasteiger partial charge in [-0.2, -0.15) is 22.7 Å². The number of nitrogens with two attached hydrogens (primary N) is 1. The van der Waals surface area contributed by atoms with Crippen molar-refractivity contribution in [3.63, 3.8) is 0 Å². The molecular formula is C12H13F3N6O. The summed E-state index contributed by atoms with van der Waals surface area (Å²) in [5, 5.41) is 3.50. The number of amides is 1. The average Bonchev–Trinajstić information content (AvgIpc) is 3.03. The molecule has 0 aromatic carbocycles.